The number of hydrogen-bond acceptors (Lipinski definition) is 9. The highest BCUT2D eigenvalue weighted by atomic mass is 16.4. The summed E-state index contributed by atoms with van der Waals surface area (Å²) in [6.07, 6.45) is 1.20. The third-order valence-electron chi connectivity index (χ3n) is 4.39. The molecule has 0 aliphatic rings. The fourth-order valence-electron chi connectivity index (χ4n) is 2.77. The van der Waals surface area contributed by atoms with Gasteiger partial charge in [-0.25, -0.2) is 14.8 Å². The fraction of sp³-hybridized carbons (Fsp3) is 0.211. The molecule has 3 aromatic rings. The van der Waals surface area contributed by atoms with Gasteiger partial charge in [-0.3, -0.25) is 19.4 Å². The average molecular weight is 440 g/mol. The highest BCUT2D eigenvalue weighted by Crippen LogP contribution is 2.12. The summed E-state index contributed by atoms with van der Waals surface area (Å²) in [4.78, 5) is 60.9. The number of fused-ring (bicyclic) bond motifs is 1. The molecule has 166 valence electrons. The zero-order chi connectivity index (χ0) is 23.3. The van der Waals surface area contributed by atoms with E-state index in [1.54, 1.807) is 12.1 Å². The SMILES string of the molecule is NC(=O)CC[C@@H](NC(=O)c1ccc(NCc2cnc3nc(N)[nH]c(=O)c3n2)cc1)C(=O)O. The Balaban J connectivity index is 1.62. The number of aromatic amines is 1. The van der Waals surface area contributed by atoms with E-state index in [9.17, 15) is 24.3 Å². The monoisotopic (exact) mass is 440 g/mol. The first-order chi connectivity index (χ1) is 15.2. The van der Waals surface area contributed by atoms with Gasteiger partial charge in [-0.05, 0) is 30.7 Å². The third-order valence-corrected chi connectivity index (χ3v) is 4.39. The van der Waals surface area contributed by atoms with Crippen molar-refractivity contribution in [3.8, 4) is 0 Å². The molecule has 2 aromatic heterocycles. The Morgan fingerprint density at radius 2 is 1.88 bits per heavy atom. The van der Waals surface area contributed by atoms with E-state index in [4.69, 9.17) is 11.5 Å². The molecule has 13 nitrogen and oxygen atoms in total. The maximum absolute atomic E-state index is 12.3. The summed E-state index contributed by atoms with van der Waals surface area (Å²) < 4.78 is 0. The largest absolute Gasteiger partial charge is 0.480 e. The summed E-state index contributed by atoms with van der Waals surface area (Å²) in [6, 6.07) is 5.03. The molecule has 1 aromatic carbocycles. The lowest BCUT2D eigenvalue weighted by molar-refractivity contribution is -0.139. The Morgan fingerprint density at radius 3 is 2.53 bits per heavy atom. The summed E-state index contributed by atoms with van der Waals surface area (Å²) in [7, 11) is 0. The van der Waals surface area contributed by atoms with Crippen LogP contribution in [0.25, 0.3) is 11.2 Å². The summed E-state index contributed by atoms with van der Waals surface area (Å²) in [5, 5.41) is 14.6. The van der Waals surface area contributed by atoms with Crippen LogP contribution in [0.4, 0.5) is 11.6 Å². The molecule has 0 aliphatic carbocycles. The van der Waals surface area contributed by atoms with Crippen LogP contribution in [0, 0.1) is 0 Å². The van der Waals surface area contributed by atoms with Gasteiger partial charge < -0.3 is 27.2 Å². The number of rotatable bonds is 9. The number of nitrogen functional groups attached to an aromatic ring is 1. The van der Waals surface area contributed by atoms with Crippen LogP contribution < -0.4 is 27.7 Å². The van der Waals surface area contributed by atoms with Gasteiger partial charge in [0.05, 0.1) is 18.4 Å². The highest BCUT2D eigenvalue weighted by Gasteiger charge is 2.21. The van der Waals surface area contributed by atoms with Crippen molar-refractivity contribution in [1.82, 2.24) is 25.3 Å². The number of nitrogens with one attached hydrogen (secondary N) is 3. The number of anilines is 2. The molecule has 1 atom stereocenters. The van der Waals surface area contributed by atoms with Crippen LogP contribution in [-0.4, -0.2) is 48.9 Å². The first kappa shape index (κ1) is 22.1. The lowest BCUT2D eigenvalue weighted by Crippen LogP contribution is -2.41. The molecular weight excluding hydrogens is 420 g/mol. The Hall–Kier alpha value is -4.55. The smallest absolute Gasteiger partial charge is 0.326 e. The van der Waals surface area contributed by atoms with Crippen molar-refractivity contribution in [2.24, 2.45) is 5.73 Å². The van der Waals surface area contributed by atoms with E-state index >= 15 is 0 Å². The molecule has 32 heavy (non-hydrogen) atoms. The average Bonchev–Trinajstić information content (AvgIpc) is 2.75. The van der Waals surface area contributed by atoms with Gasteiger partial charge in [0.25, 0.3) is 11.5 Å². The summed E-state index contributed by atoms with van der Waals surface area (Å²) in [5.41, 5.74) is 11.6. The van der Waals surface area contributed by atoms with E-state index in [1.165, 1.54) is 18.3 Å². The standard InChI is InChI=1S/C19H20N8O5/c20-13(28)6-5-12(18(31)32)25-16(29)9-1-3-10(4-2-9)22-7-11-8-23-15-14(24-11)17(30)27-19(21)26-15/h1-4,8,12,22H,5-7H2,(H2,20,28)(H,25,29)(H,31,32)(H3,21,23,26,27,30)/t12-/m1/s1. The van der Waals surface area contributed by atoms with Crippen LogP contribution in [0.3, 0.4) is 0 Å². The van der Waals surface area contributed by atoms with E-state index < -0.39 is 29.4 Å². The third kappa shape index (κ3) is 5.53. The van der Waals surface area contributed by atoms with Crippen molar-refractivity contribution < 1.29 is 19.5 Å². The first-order valence-corrected chi connectivity index (χ1v) is 9.40. The Bertz CT molecular complexity index is 1220. The van der Waals surface area contributed by atoms with Crippen LogP contribution in [0.5, 0.6) is 0 Å². The summed E-state index contributed by atoms with van der Waals surface area (Å²) >= 11 is 0. The normalized spacial score (nSPS) is 11.6. The predicted octanol–water partition coefficient (Wildman–Crippen LogP) is -0.644. The topological polar surface area (TPSA) is 219 Å². The van der Waals surface area contributed by atoms with Crippen molar-refractivity contribution >= 4 is 40.6 Å². The second-order valence-corrected chi connectivity index (χ2v) is 6.78. The fourth-order valence-corrected chi connectivity index (χ4v) is 2.77. The molecule has 0 fully saturated rings. The number of carboxylic acid groups (broad SMARTS) is 1. The van der Waals surface area contributed by atoms with E-state index in [-0.39, 0.29) is 42.1 Å². The van der Waals surface area contributed by atoms with E-state index in [0.29, 0.717) is 11.4 Å². The number of carboxylic acids is 1. The second kappa shape index (κ2) is 9.51. The number of aliphatic carboxylic acids is 1. The molecule has 13 heteroatoms. The van der Waals surface area contributed by atoms with Gasteiger partial charge in [-0.2, -0.15) is 4.98 Å². The molecule has 8 N–H and O–H groups in total. The van der Waals surface area contributed by atoms with Gasteiger partial charge in [-0.1, -0.05) is 0 Å². The number of carbonyl (C=O) groups is 3. The number of nitrogens with zero attached hydrogens (tertiary/aromatic N) is 3. The molecular formula is C19H20N8O5. The molecule has 3 rings (SSSR count). The number of aromatic nitrogens is 4. The quantitative estimate of drug-likeness (QED) is 0.247. The minimum atomic E-state index is -1.26. The predicted molar refractivity (Wildman–Crippen MR) is 113 cm³/mol. The number of hydrogen-bond donors (Lipinski definition) is 6. The van der Waals surface area contributed by atoms with E-state index in [2.05, 4.69) is 30.6 Å². The minimum absolute atomic E-state index is 0.0469. The molecule has 0 saturated carbocycles. The second-order valence-electron chi connectivity index (χ2n) is 6.78. The Kier molecular flexibility index (Phi) is 6.58. The summed E-state index contributed by atoms with van der Waals surface area (Å²) in [5.74, 6) is -2.55. The molecule has 0 bridgehead atoms. The Morgan fingerprint density at radius 1 is 1.16 bits per heavy atom. The van der Waals surface area contributed by atoms with Gasteiger partial charge >= 0.3 is 5.97 Å². The number of primary amides is 1. The maximum Gasteiger partial charge on any atom is 0.326 e. The number of benzene rings is 1. The van der Waals surface area contributed by atoms with Gasteiger partial charge in [0.2, 0.25) is 11.9 Å². The molecule has 0 radical (unpaired) electrons. The van der Waals surface area contributed by atoms with E-state index in [0.717, 1.165) is 0 Å². The first-order valence-electron chi connectivity index (χ1n) is 9.40. The number of amides is 2. The van der Waals surface area contributed by atoms with E-state index in [1.807, 2.05) is 0 Å². The lowest BCUT2D eigenvalue weighted by Gasteiger charge is -2.14. The van der Waals surface area contributed by atoms with Gasteiger partial charge in [0.1, 0.15) is 6.04 Å². The van der Waals surface area contributed by atoms with Crippen molar-refractivity contribution in [2.45, 2.75) is 25.4 Å². The maximum atomic E-state index is 12.3. The van der Waals surface area contributed by atoms with Crippen LogP contribution in [0.15, 0.2) is 35.3 Å². The molecule has 2 amide bonds. The molecule has 0 aliphatic heterocycles. The zero-order valence-corrected chi connectivity index (χ0v) is 16.7. The molecule has 0 unspecified atom stereocenters. The molecule has 0 saturated heterocycles. The summed E-state index contributed by atoms with van der Waals surface area (Å²) in [6.45, 7) is 0.243. The van der Waals surface area contributed by atoms with Crippen molar-refractivity contribution in [2.75, 3.05) is 11.1 Å². The van der Waals surface area contributed by atoms with Gasteiger partial charge in [-0.15, -0.1) is 0 Å². The number of H-pyrrole nitrogens is 1. The van der Waals surface area contributed by atoms with Crippen LogP contribution >= 0.6 is 0 Å². The molecule has 0 spiro atoms. The van der Waals surface area contributed by atoms with Crippen LogP contribution in [0.1, 0.15) is 28.9 Å². The van der Waals surface area contributed by atoms with Crippen molar-refractivity contribution in [1.29, 1.82) is 0 Å². The Labute approximate surface area is 180 Å². The molecule has 2 heterocycles. The minimum Gasteiger partial charge on any atom is -0.480 e. The van der Waals surface area contributed by atoms with Crippen molar-refractivity contribution in [3.63, 3.8) is 0 Å². The number of nitrogens with two attached hydrogens (primary N) is 2. The van der Waals surface area contributed by atoms with Crippen LogP contribution in [0.2, 0.25) is 0 Å². The van der Waals surface area contributed by atoms with Crippen LogP contribution in [-0.2, 0) is 16.1 Å². The van der Waals surface area contributed by atoms with Crippen molar-refractivity contribution in [3.05, 3.63) is 52.1 Å². The highest BCUT2D eigenvalue weighted by molar-refractivity contribution is 5.97. The van der Waals surface area contributed by atoms with Gasteiger partial charge in [0, 0.05) is 17.7 Å². The van der Waals surface area contributed by atoms with Gasteiger partial charge in [0.15, 0.2) is 11.2 Å². The number of carbonyl (C=O) groups excluding carboxylic acids is 2. The lowest BCUT2D eigenvalue weighted by atomic mass is 10.1. The zero-order valence-electron chi connectivity index (χ0n) is 16.7.